The molecule has 2 N–H and O–H groups in total. The number of nitrogens with one attached hydrogen (secondary N) is 2. The Bertz CT molecular complexity index is 986. The summed E-state index contributed by atoms with van der Waals surface area (Å²) in [5.41, 5.74) is 0.728. The average molecular weight is 417 g/mol. The van der Waals surface area contributed by atoms with E-state index in [0.29, 0.717) is 23.2 Å². The largest absolute Gasteiger partial charge is 0.457 e. The van der Waals surface area contributed by atoms with Gasteiger partial charge in [-0.15, -0.1) is 0 Å². The monoisotopic (exact) mass is 416 g/mol. The van der Waals surface area contributed by atoms with E-state index in [9.17, 15) is 9.18 Å². The molecule has 3 aromatic rings. The summed E-state index contributed by atoms with van der Waals surface area (Å²) in [6, 6.07) is 11.0. The Morgan fingerprint density at radius 3 is 2.55 bits per heavy atom. The lowest BCUT2D eigenvalue weighted by atomic mass is 9.93. The van der Waals surface area contributed by atoms with Crippen molar-refractivity contribution >= 4 is 32.7 Å². The molecule has 3 rings (SSSR count). The van der Waals surface area contributed by atoms with Crippen molar-refractivity contribution in [2.24, 2.45) is 5.41 Å². The minimum absolute atomic E-state index is 0.0406. The normalized spacial score (nSPS) is 11.7. The zero-order valence-electron chi connectivity index (χ0n) is 17.0. The molecular weight excluding hydrogens is 391 g/mol. The molecule has 0 unspecified atom stereocenters. The van der Waals surface area contributed by atoms with Crippen LogP contribution in [0.5, 0.6) is 11.5 Å². The van der Waals surface area contributed by atoms with Gasteiger partial charge in [-0.05, 0) is 55.9 Å². The van der Waals surface area contributed by atoms with Crippen molar-refractivity contribution < 1.29 is 13.9 Å². The molecule has 1 aromatic heterocycles. The zero-order chi connectivity index (χ0) is 21.0. The fraction of sp³-hybridized carbons (Fsp3) is 0.333. The summed E-state index contributed by atoms with van der Waals surface area (Å²) < 4.78 is 19.6. The van der Waals surface area contributed by atoms with Gasteiger partial charge in [0, 0.05) is 19.2 Å². The van der Waals surface area contributed by atoms with E-state index in [1.54, 1.807) is 18.2 Å². The highest BCUT2D eigenvalue weighted by atomic mass is 32.1. The summed E-state index contributed by atoms with van der Waals surface area (Å²) in [4.78, 5) is 18.8. The highest BCUT2D eigenvalue weighted by Crippen LogP contribution is 2.31. The van der Waals surface area contributed by atoms with Gasteiger partial charge in [0.15, 0.2) is 5.13 Å². The van der Waals surface area contributed by atoms with Gasteiger partial charge in [-0.2, -0.15) is 0 Å². The number of amides is 2. The van der Waals surface area contributed by atoms with Crippen LogP contribution >= 0.6 is 11.3 Å². The molecule has 0 saturated carbocycles. The van der Waals surface area contributed by atoms with Gasteiger partial charge in [0.1, 0.15) is 17.3 Å². The van der Waals surface area contributed by atoms with Crippen molar-refractivity contribution in [2.45, 2.75) is 13.8 Å². The third-order valence-electron chi connectivity index (χ3n) is 4.10. The van der Waals surface area contributed by atoms with Crippen LogP contribution < -0.4 is 15.4 Å². The summed E-state index contributed by atoms with van der Waals surface area (Å²) in [7, 11) is 4.02. The maximum absolute atomic E-state index is 13.0. The number of carbonyl (C=O) groups is 1. The second kappa shape index (κ2) is 8.75. The number of aromatic nitrogens is 1. The molecule has 0 spiro atoms. The Morgan fingerprint density at radius 2 is 1.86 bits per heavy atom. The van der Waals surface area contributed by atoms with Crippen molar-refractivity contribution in [3.05, 3.63) is 48.3 Å². The minimum atomic E-state index is -0.311. The van der Waals surface area contributed by atoms with E-state index < -0.39 is 0 Å². The van der Waals surface area contributed by atoms with Gasteiger partial charge in [0.2, 0.25) is 0 Å². The molecule has 1 heterocycles. The average Bonchev–Trinajstić information content (AvgIpc) is 3.02. The fourth-order valence-corrected chi connectivity index (χ4v) is 3.92. The number of fused-ring (bicyclic) bond motifs is 1. The predicted molar refractivity (Wildman–Crippen MR) is 115 cm³/mol. The molecule has 0 aliphatic heterocycles. The van der Waals surface area contributed by atoms with Gasteiger partial charge >= 0.3 is 6.03 Å². The van der Waals surface area contributed by atoms with Crippen LogP contribution in [-0.4, -0.2) is 43.1 Å². The third-order valence-corrected chi connectivity index (χ3v) is 5.04. The number of ether oxygens (including phenoxy) is 1. The number of carbonyl (C=O) groups excluding carboxylic acids is 1. The van der Waals surface area contributed by atoms with Gasteiger partial charge < -0.3 is 15.0 Å². The van der Waals surface area contributed by atoms with Gasteiger partial charge in [-0.25, -0.2) is 14.2 Å². The zero-order valence-corrected chi connectivity index (χ0v) is 17.8. The van der Waals surface area contributed by atoms with Crippen LogP contribution in [0.15, 0.2) is 42.5 Å². The molecule has 0 saturated heterocycles. The number of halogens is 1. The van der Waals surface area contributed by atoms with Crippen LogP contribution in [0.25, 0.3) is 10.2 Å². The van der Waals surface area contributed by atoms with Gasteiger partial charge in [0.05, 0.1) is 10.2 Å². The number of nitrogens with zero attached hydrogens (tertiary/aromatic N) is 2. The summed E-state index contributed by atoms with van der Waals surface area (Å²) in [6.45, 7) is 5.63. The van der Waals surface area contributed by atoms with E-state index in [0.717, 1.165) is 16.8 Å². The van der Waals surface area contributed by atoms with E-state index in [-0.39, 0.29) is 17.3 Å². The molecule has 29 heavy (non-hydrogen) atoms. The molecule has 2 amide bonds. The first-order valence-electron chi connectivity index (χ1n) is 9.24. The number of hydrogen-bond donors (Lipinski definition) is 2. The second-order valence-electron chi connectivity index (χ2n) is 7.91. The van der Waals surface area contributed by atoms with Crippen molar-refractivity contribution in [1.29, 1.82) is 0 Å². The summed E-state index contributed by atoms with van der Waals surface area (Å²) >= 11 is 1.37. The van der Waals surface area contributed by atoms with Gasteiger partial charge in [-0.1, -0.05) is 25.2 Å². The molecule has 154 valence electrons. The van der Waals surface area contributed by atoms with Crippen LogP contribution in [0, 0.1) is 11.2 Å². The second-order valence-corrected chi connectivity index (χ2v) is 8.94. The topological polar surface area (TPSA) is 66.5 Å². The molecule has 2 aromatic carbocycles. The van der Waals surface area contributed by atoms with Crippen LogP contribution in [0.1, 0.15) is 13.8 Å². The standard InChI is InChI=1S/C21H25FN4O2S/c1-21(2,13-26(3)4)12-23-19(27)25-20-24-17-10-9-16(11-18(17)29-20)28-15-7-5-14(22)6-8-15/h5-11H,12-13H2,1-4H3,(H2,23,24,25,27). The van der Waals surface area contributed by atoms with Crippen LogP contribution in [0.2, 0.25) is 0 Å². The first-order valence-corrected chi connectivity index (χ1v) is 10.1. The molecule has 8 heteroatoms. The third kappa shape index (κ3) is 6.13. The molecular formula is C21H25FN4O2S. The summed E-state index contributed by atoms with van der Waals surface area (Å²) in [6.07, 6.45) is 0. The number of anilines is 1. The van der Waals surface area contributed by atoms with Gasteiger partial charge in [-0.3, -0.25) is 5.32 Å². The number of thiazole rings is 1. The molecule has 0 aliphatic carbocycles. The van der Waals surface area contributed by atoms with Crippen molar-refractivity contribution in [2.75, 3.05) is 32.5 Å². The Hall–Kier alpha value is -2.71. The lowest BCUT2D eigenvalue weighted by Gasteiger charge is -2.28. The number of urea groups is 1. The van der Waals surface area contributed by atoms with Crippen LogP contribution in [0.4, 0.5) is 14.3 Å². The Labute approximate surface area is 173 Å². The highest BCUT2D eigenvalue weighted by Gasteiger charge is 2.20. The lowest BCUT2D eigenvalue weighted by molar-refractivity contribution is 0.222. The summed E-state index contributed by atoms with van der Waals surface area (Å²) in [5, 5.41) is 6.21. The Kier molecular flexibility index (Phi) is 6.34. The maximum atomic E-state index is 13.0. The summed E-state index contributed by atoms with van der Waals surface area (Å²) in [5.74, 6) is 0.858. The Morgan fingerprint density at radius 1 is 1.17 bits per heavy atom. The van der Waals surface area contributed by atoms with E-state index in [4.69, 9.17) is 4.74 Å². The maximum Gasteiger partial charge on any atom is 0.321 e. The molecule has 0 radical (unpaired) electrons. The number of hydrogen-bond acceptors (Lipinski definition) is 5. The molecule has 0 atom stereocenters. The van der Waals surface area contributed by atoms with Crippen LogP contribution in [-0.2, 0) is 0 Å². The van der Waals surface area contributed by atoms with Crippen molar-refractivity contribution in [1.82, 2.24) is 15.2 Å². The highest BCUT2D eigenvalue weighted by molar-refractivity contribution is 7.22. The smallest absolute Gasteiger partial charge is 0.321 e. The quantitative estimate of drug-likeness (QED) is 0.573. The fourth-order valence-electron chi connectivity index (χ4n) is 3.03. The molecule has 0 fully saturated rings. The molecule has 0 bridgehead atoms. The van der Waals surface area contributed by atoms with E-state index in [1.807, 2.05) is 26.2 Å². The molecule has 0 aliphatic rings. The van der Waals surface area contributed by atoms with E-state index in [2.05, 4.69) is 34.4 Å². The van der Waals surface area contributed by atoms with Crippen molar-refractivity contribution in [3.8, 4) is 11.5 Å². The lowest BCUT2D eigenvalue weighted by Crippen LogP contribution is -2.41. The molecule has 6 nitrogen and oxygen atoms in total. The van der Waals surface area contributed by atoms with Gasteiger partial charge in [0.25, 0.3) is 0 Å². The Balaban J connectivity index is 1.62. The number of rotatable bonds is 7. The number of benzene rings is 2. The van der Waals surface area contributed by atoms with Crippen molar-refractivity contribution in [3.63, 3.8) is 0 Å². The van der Waals surface area contributed by atoms with E-state index in [1.165, 1.54) is 23.5 Å². The SMILES string of the molecule is CN(C)CC(C)(C)CNC(=O)Nc1nc2ccc(Oc3ccc(F)cc3)cc2s1. The van der Waals surface area contributed by atoms with E-state index >= 15 is 0 Å². The first kappa shape index (κ1) is 21.0. The minimum Gasteiger partial charge on any atom is -0.457 e. The first-order chi connectivity index (χ1) is 13.7. The predicted octanol–water partition coefficient (Wildman–Crippen LogP) is 4.94. The van der Waals surface area contributed by atoms with Crippen LogP contribution in [0.3, 0.4) is 0 Å².